The summed E-state index contributed by atoms with van der Waals surface area (Å²) in [6.45, 7) is 6.57. The number of aromatic nitrogens is 2. The Hall–Kier alpha value is -2.94. The molecule has 9 nitrogen and oxygen atoms in total. The van der Waals surface area contributed by atoms with Crippen molar-refractivity contribution in [1.29, 1.82) is 0 Å². The fourth-order valence-corrected chi connectivity index (χ4v) is 3.77. The molecule has 0 aliphatic carbocycles. The molecular formula is C21H28N4O5. The van der Waals surface area contributed by atoms with Gasteiger partial charge >= 0.3 is 0 Å². The first-order valence-corrected chi connectivity index (χ1v) is 10.1. The van der Waals surface area contributed by atoms with Gasteiger partial charge in [0, 0.05) is 49.8 Å². The molecule has 0 amide bonds. The molecule has 4 rings (SSSR count). The minimum absolute atomic E-state index is 0.0645. The van der Waals surface area contributed by atoms with E-state index in [2.05, 4.69) is 28.7 Å². The van der Waals surface area contributed by atoms with E-state index in [9.17, 15) is 0 Å². The lowest BCUT2D eigenvalue weighted by Crippen LogP contribution is -2.23. The lowest BCUT2D eigenvalue weighted by atomic mass is 10.0. The Morgan fingerprint density at radius 1 is 1.17 bits per heavy atom. The predicted octanol–water partition coefficient (Wildman–Crippen LogP) is 2.43. The molecule has 0 radical (unpaired) electrons. The summed E-state index contributed by atoms with van der Waals surface area (Å²) >= 11 is 0. The van der Waals surface area contributed by atoms with Gasteiger partial charge in [-0.2, -0.15) is 5.10 Å². The van der Waals surface area contributed by atoms with Crippen molar-refractivity contribution in [2.45, 2.75) is 45.9 Å². The van der Waals surface area contributed by atoms with Gasteiger partial charge in [-0.05, 0) is 19.9 Å². The Kier molecular flexibility index (Phi) is 5.98. The monoisotopic (exact) mass is 416 g/mol. The molecule has 2 aliphatic heterocycles. The maximum absolute atomic E-state index is 5.67. The van der Waals surface area contributed by atoms with E-state index in [0.717, 1.165) is 36.5 Å². The van der Waals surface area contributed by atoms with Crippen LogP contribution in [0.25, 0.3) is 0 Å². The highest BCUT2D eigenvalue weighted by atomic mass is 16.7. The zero-order valence-electron chi connectivity index (χ0n) is 17.9. The van der Waals surface area contributed by atoms with Gasteiger partial charge in [-0.15, -0.1) is 0 Å². The van der Waals surface area contributed by atoms with Crippen LogP contribution in [0.3, 0.4) is 0 Å². The Labute approximate surface area is 175 Å². The second kappa shape index (κ2) is 8.83. The van der Waals surface area contributed by atoms with Crippen LogP contribution in [-0.2, 0) is 24.3 Å². The van der Waals surface area contributed by atoms with E-state index in [0.29, 0.717) is 36.0 Å². The Balaban J connectivity index is 1.34. The van der Waals surface area contributed by atoms with Crippen LogP contribution in [0.4, 0.5) is 0 Å². The number of ether oxygens (including phenoxy) is 4. The third kappa shape index (κ3) is 4.02. The molecule has 2 aromatic rings. The molecule has 3 heterocycles. The van der Waals surface area contributed by atoms with Crippen LogP contribution in [0, 0.1) is 6.92 Å². The van der Waals surface area contributed by atoms with Gasteiger partial charge in [-0.1, -0.05) is 5.16 Å². The fourth-order valence-electron chi connectivity index (χ4n) is 3.77. The SMILES string of the molecule is CCn1cc(CNCC2=NO[C@H](Cc3cc(OC)c4c(c3OC)OCO4)C2)c(C)n1. The number of fused-ring (bicyclic) bond motifs is 1. The van der Waals surface area contributed by atoms with E-state index in [4.69, 9.17) is 23.8 Å². The summed E-state index contributed by atoms with van der Waals surface area (Å²) in [6.07, 6.45) is 3.40. The topological polar surface area (TPSA) is 88.4 Å². The third-order valence-electron chi connectivity index (χ3n) is 5.32. The Morgan fingerprint density at radius 3 is 2.73 bits per heavy atom. The van der Waals surface area contributed by atoms with Gasteiger partial charge in [0.2, 0.25) is 18.3 Å². The molecule has 1 N–H and O–H groups in total. The first kappa shape index (κ1) is 20.3. The maximum Gasteiger partial charge on any atom is 0.231 e. The second-order valence-electron chi connectivity index (χ2n) is 7.33. The van der Waals surface area contributed by atoms with Crippen molar-refractivity contribution >= 4 is 5.71 Å². The number of nitrogens with zero attached hydrogens (tertiary/aromatic N) is 3. The molecule has 0 unspecified atom stereocenters. The van der Waals surface area contributed by atoms with E-state index in [1.807, 2.05) is 17.7 Å². The van der Waals surface area contributed by atoms with Gasteiger partial charge in [0.25, 0.3) is 0 Å². The minimum Gasteiger partial charge on any atom is -0.493 e. The zero-order chi connectivity index (χ0) is 21.1. The zero-order valence-corrected chi connectivity index (χ0v) is 17.9. The van der Waals surface area contributed by atoms with Crippen molar-refractivity contribution in [3.63, 3.8) is 0 Å². The van der Waals surface area contributed by atoms with Gasteiger partial charge in [-0.3, -0.25) is 4.68 Å². The average Bonchev–Trinajstić information content (AvgIpc) is 3.48. The standard InChI is InChI=1S/C21H28N4O5/c1-5-25-11-15(13(2)23-25)9-22-10-16-8-17(30-24-16)6-14-7-18(26-3)20-21(19(14)27-4)29-12-28-20/h7,11,17,22H,5-6,8-10,12H2,1-4H3/t17-/m1/s1. The van der Waals surface area contributed by atoms with Gasteiger partial charge in [-0.25, -0.2) is 0 Å². The number of hydrogen-bond donors (Lipinski definition) is 1. The smallest absolute Gasteiger partial charge is 0.231 e. The molecule has 1 aromatic heterocycles. The molecular weight excluding hydrogens is 388 g/mol. The summed E-state index contributed by atoms with van der Waals surface area (Å²) in [7, 11) is 3.23. The predicted molar refractivity (Wildman–Crippen MR) is 111 cm³/mol. The first-order chi connectivity index (χ1) is 14.6. The van der Waals surface area contributed by atoms with Crippen molar-refractivity contribution in [3.8, 4) is 23.0 Å². The molecule has 1 atom stereocenters. The molecule has 2 aliphatic rings. The summed E-state index contributed by atoms with van der Waals surface area (Å²) < 4.78 is 24.1. The first-order valence-electron chi connectivity index (χ1n) is 10.1. The highest BCUT2D eigenvalue weighted by molar-refractivity contribution is 5.87. The van der Waals surface area contributed by atoms with Crippen LogP contribution in [0.1, 0.15) is 30.2 Å². The number of oxime groups is 1. The minimum atomic E-state index is -0.0645. The van der Waals surface area contributed by atoms with Gasteiger partial charge in [0.15, 0.2) is 11.5 Å². The number of rotatable bonds is 9. The van der Waals surface area contributed by atoms with E-state index in [1.165, 1.54) is 5.56 Å². The van der Waals surface area contributed by atoms with E-state index < -0.39 is 0 Å². The summed E-state index contributed by atoms with van der Waals surface area (Å²) in [5.74, 6) is 2.44. The van der Waals surface area contributed by atoms with Crippen LogP contribution in [0.15, 0.2) is 17.4 Å². The van der Waals surface area contributed by atoms with Crippen molar-refractivity contribution in [2.75, 3.05) is 27.6 Å². The summed E-state index contributed by atoms with van der Waals surface area (Å²) in [4.78, 5) is 5.67. The van der Waals surface area contributed by atoms with Crippen molar-refractivity contribution < 1.29 is 23.8 Å². The van der Waals surface area contributed by atoms with Crippen LogP contribution < -0.4 is 24.3 Å². The molecule has 0 fully saturated rings. The van der Waals surface area contributed by atoms with Crippen LogP contribution in [0.2, 0.25) is 0 Å². The summed E-state index contributed by atoms with van der Waals surface area (Å²) in [5.41, 5.74) is 4.18. The van der Waals surface area contributed by atoms with Crippen LogP contribution in [-0.4, -0.2) is 49.2 Å². The third-order valence-corrected chi connectivity index (χ3v) is 5.32. The summed E-state index contributed by atoms with van der Waals surface area (Å²) in [6, 6.07) is 1.92. The second-order valence-corrected chi connectivity index (χ2v) is 7.33. The molecule has 162 valence electrons. The normalized spacial score (nSPS) is 17.1. The van der Waals surface area contributed by atoms with Gasteiger partial charge in [0.1, 0.15) is 6.10 Å². The fraction of sp³-hybridized carbons (Fsp3) is 0.524. The molecule has 0 saturated carbocycles. The van der Waals surface area contributed by atoms with Crippen molar-refractivity contribution in [1.82, 2.24) is 15.1 Å². The molecule has 0 bridgehead atoms. The van der Waals surface area contributed by atoms with E-state index in [-0.39, 0.29) is 12.9 Å². The number of methoxy groups -OCH3 is 2. The number of benzene rings is 1. The van der Waals surface area contributed by atoms with Gasteiger partial charge < -0.3 is 29.1 Å². The number of aryl methyl sites for hydroxylation is 2. The average molecular weight is 416 g/mol. The molecule has 30 heavy (non-hydrogen) atoms. The van der Waals surface area contributed by atoms with Crippen molar-refractivity contribution in [3.05, 3.63) is 29.1 Å². The molecule has 1 aromatic carbocycles. The highest BCUT2D eigenvalue weighted by Gasteiger charge is 2.30. The number of hydrogen-bond acceptors (Lipinski definition) is 8. The lowest BCUT2D eigenvalue weighted by molar-refractivity contribution is 0.0853. The Bertz CT molecular complexity index is 940. The molecule has 9 heteroatoms. The molecule has 0 saturated heterocycles. The van der Waals surface area contributed by atoms with E-state index in [1.54, 1.807) is 14.2 Å². The highest BCUT2D eigenvalue weighted by Crippen LogP contribution is 2.49. The van der Waals surface area contributed by atoms with Crippen LogP contribution in [0.5, 0.6) is 23.0 Å². The van der Waals surface area contributed by atoms with Crippen molar-refractivity contribution in [2.24, 2.45) is 5.16 Å². The molecule has 0 spiro atoms. The largest absolute Gasteiger partial charge is 0.493 e. The maximum atomic E-state index is 5.67. The lowest BCUT2D eigenvalue weighted by Gasteiger charge is -2.15. The van der Waals surface area contributed by atoms with Crippen LogP contribution >= 0.6 is 0 Å². The Morgan fingerprint density at radius 2 is 2.00 bits per heavy atom. The van der Waals surface area contributed by atoms with Gasteiger partial charge in [0.05, 0.1) is 25.6 Å². The van der Waals surface area contributed by atoms with E-state index >= 15 is 0 Å². The quantitative estimate of drug-likeness (QED) is 0.672. The summed E-state index contributed by atoms with van der Waals surface area (Å²) in [5, 5.41) is 12.2. The number of nitrogens with one attached hydrogen (secondary N) is 1.